The molecule has 14 nitrogen and oxygen atoms in total. The highest BCUT2D eigenvalue weighted by Crippen LogP contribution is 2.32. The Morgan fingerprint density at radius 1 is 0.660 bits per heavy atom. The zero-order chi connectivity index (χ0) is 35.6. The smallest absolute Gasteiger partial charge is 0.407 e. The highest BCUT2D eigenvalue weighted by molar-refractivity contribution is 6.09. The first kappa shape index (κ1) is 35.4. The summed E-state index contributed by atoms with van der Waals surface area (Å²) in [5.74, 6) is 0.850. The third-order valence-electron chi connectivity index (χ3n) is 8.23. The summed E-state index contributed by atoms with van der Waals surface area (Å²) in [6.07, 6.45) is 3.75. The van der Waals surface area contributed by atoms with Gasteiger partial charge in [0.2, 0.25) is 11.8 Å². The van der Waals surface area contributed by atoms with Gasteiger partial charge in [0, 0.05) is 24.2 Å². The van der Waals surface area contributed by atoms with E-state index in [1.807, 2.05) is 26.0 Å². The van der Waals surface area contributed by atoms with Crippen molar-refractivity contribution in [2.45, 2.75) is 39.8 Å². The van der Waals surface area contributed by atoms with E-state index in [-0.39, 0.29) is 38.0 Å². The molecule has 0 bridgehead atoms. The highest BCUT2D eigenvalue weighted by atomic mass is 16.5. The van der Waals surface area contributed by atoms with Crippen molar-refractivity contribution < 1.29 is 28.7 Å². The van der Waals surface area contributed by atoms with Crippen molar-refractivity contribution in [3.8, 4) is 22.5 Å². The van der Waals surface area contributed by atoms with E-state index in [0.717, 1.165) is 56.9 Å². The molecule has 0 aliphatic heterocycles. The van der Waals surface area contributed by atoms with E-state index in [0.29, 0.717) is 24.7 Å². The maximum Gasteiger partial charge on any atom is 0.407 e. The number of ether oxygens (including phenoxy) is 2. The van der Waals surface area contributed by atoms with Crippen molar-refractivity contribution in [1.82, 2.24) is 40.4 Å². The second kappa shape index (κ2) is 16.5. The SMILES string of the molecule is CCCN(Cc1ncc(-c2ccc3c(ccc4cc(-c5cnc(CN(CCC)C(=O)CNC(=O)OC)[nH]5)ccc43)c2)[nH]1)C(=O)CNC(=O)OC. The first-order valence-corrected chi connectivity index (χ1v) is 16.5. The zero-order valence-corrected chi connectivity index (χ0v) is 28.7. The van der Waals surface area contributed by atoms with Crippen LogP contribution in [0.1, 0.15) is 38.3 Å². The molecule has 0 atom stereocenters. The highest BCUT2D eigenvalue weighted by Gasteiger charge is 2.18. The molecule has 2 aromatic heterocycles. The quantitative estimate of drug-likeness (QED) is 0.119. The summed E-state index contributed by atoms with van der Waals surface area (Å²) in [4.78, 5) is 67.3. The van der Waals surface area contributed by atoms with E-state index >= 15 is 0 Å². The van der Waals surface area contributed by atoms with Gasteiger partial charge >= 0.3 is 12.2 Å². The lowest BCUT2D eigenvalue weighted by molar-refractivity contribution is -0.131. The Kier molecular flexibility index (Phi) is 11.6. The van der Waals surface area contributed by atoms with Gasteiger partial charge in [0.25, 0.3) is 0 Å². The molecule has 14 heteroatoms. The molecular formula is C36H42N8O6. The molecule has 0 aliphatic rings. The molecule has 262 valence electrons. The lowest BCUT2D eigenvalue weighted by atomic mass is 9.97. The van der Waals surface area contributed by atoms with Crippen LogP contribution in [0, 0.1) is 0 Å². The number of carbonyl (C=O) groups excluding carboxylic acids is 4. The van der Waals surface area contributed by atoms with Crippen LogP contribution in [0.4, 0.5) is 9.59 Å². The van der Waals surface area contributed by atoms with Crippen LogP contribution in [0.3, 0.4) is 0 Å². The summed E-state index contributed by atoms with van der Waals surface area (Å²) in [7, 11) is 2.51. The average molecular weight is 683 g/mol. The van der Waals surface area contributed by atoms with Crippen LogP contribution in [0.2, 0.25) is 0 Å². The van der Waals surface area contributed by atoms with Crippen molar-refractivity contribution >= 4 is 45.5 Å². The number of amides is 4. The number of carbonyl (C=O) groups is 4. The minimum atomic E-state index is -0.652. The van der Waals surface area contributed by atoms with Crippen LogP contribution in [0.15, 0.2) is 60.9 Å². The van der Waals surface area contributed by atoms with Crippen molar-refractivity contribution in [2.75, 3.05) is 40.4 Å². The monoisotopic (exact) mass is 682 g/mol. The molecule has 50 heavy (non-hydrogen) atoms. The van der Waals surface area contributed by atoms with E-state index in [4.69, 9.17) is 0 Å². The number of hydrogen-bond donors (Lipinski definition) is 4. The molecular weight excluding hydrogens is 640 g/mol. The molecule has 0 aliphatic carbocycles. The fourth-order valence-electron chi connectivity index (χ4n) is 5.73. The molecule has 0 saturated carbocycles. The lowest BCUT2D eigenvalue weighted by Gasteiger charge is -2.21. The number of imidazole rings is 2. The molecule has 0 radical (unpaired) electrons. The molecule has 5 rings (SSSR count). The largest absolute Gasteiger partial charge is 0.453 e. The summed E-state index contributed by atoms with van der Waals surface area (Å²) >= 11 is 0. The molecule has 5 aromatic rings. The minimum Gasteiger partial charge on any atom is -0.453 e. The molecule has 4 amide bonds. The number of alkyl carbamates (subject to hydrolysis) is 2. The predicted molar refractivity (Wildman–Crippen MR) is 189 cm³/mol. The minimum absolute atomic E-state index is 0.151. The Labute approximate surface area is 289 Å². The summed E-state index contributed by atoms with van der Waals surface area (Å²) in [5, 5.41) is 9.23. The Bertz CT molecular complexity index is 1840. The van der Waals surface area contributed by atoms with E-state index in [9.17, 15) is 19.2 Å². The molecule has 4 N–H and O–H groups in total. The summed E-state index contributed by atoms with van der Waals surface area (Å²) in [6.45, 7) is 5.30. The fourth-order valence-corrected chi connectivity index (χ4v) is 5.73. The van der Waals surface area contributed by atoms with Gasteiger partial charge in [-0.05, 0) is 46.5 Å². The van der Waals surface area contributed by atoms with Crippen LogP contribution in [-0.4, -0.2) is 94.1 Å². The molecule has 3 aromatic carbocycles. The number of nitrogens with one attached hydrogen (secondary N) is 4. The average Bonchev–Trinajstić information content (AvgIpc) is 3.81. The van der Waals surface area contributed by atoms with Crippen LogP contribution >= 0.6 is 0 Å². The van der Waals surface area contributed by atoms with Gasteiger partial charge in [-0.2, -0.15) is 0 Å². The van der Waals surface area contributed by atoms with Crippen molar-refractivity contribution in [2.24, 2.45) is 0 Å². The van der Waals surface area contributed by atoms with Gasteiger partial charge in [0.1, 0.15) is 24.7 Å². The number of nitrogens with zero attached hydrogens (tertiary/aromatic N) is 4. The molecule has 0 saturated heterocycles. The summed E-state index contributed by atoms with van der Waals surface area (Å²) in [6, 6.07) is 16.7. The van der Waals surface area contributed by atoms with Gasteiger partial charge in [-0.15, -0.1) is 0 Å². The van der Waals surface area contributed by atoms with Crippen LogP contribution < -0.4 is 10.6 Å². The zero-order valence-electron chi connectivity index (χ0n) is 28.7. The van der Waals surface area contributed by atoms with Crippen molar-refractivity contribution in [1.29, 1.82) is 0 Å². The van der Waals surface area contributed by atoms with Gasteiger partial charge in [-0.1, -0.05) is 50.2 Å². The number of aromatic amines is 2. The Morgan fingerprint density at radius 2 is 1.08 bits per heavy atom. The number of hydrogen-bond acceptors (Lipinski definition) is 8. The van der Waals surface area contributed by atoms with E-state index < -0.39 is 12.2 Å². The third kappa shape index (κ3) is 8.56. The lowest BCUT2D eigenvalue weighted by Crippen LogP contribution is -2.40. The molecule has 0 unspecified atom stereocenters. The standard InChI is InChI=1S/C36H42N8O6/c1-5-13-43(33(45)19-39-35(47)49-3)21-31-37-17-29(41-31)25-9-11-27-23(15-25)7-8-24-16-26(10-12-28(24)27)30-18-38-32(42-30)22-44(14-6-2)34(46)20-40-36(48)50-4/h7-12,15-18H,5-6,13-14,19-22H2,1-4H3,(H,37,41)(H,38,42)(H,39,47)(H,40,48). The Morgan fingerprint density at radius 3 is 1.46 bits per heavy atom. The summed E-state index contributed by atoms with van der Waals surface area (Å²) < 4.78 is 9.12. The topological polar surface area (TPSA) is 175 Å². The van der Waals surface area contributed by atoms with Gasteiger partial charge in [0.05, 0.1) is 51.1 Å². The van der Waals surface area contributed by atoms with E-state index in [1.165, 1.54) is 14.2 Å². The number of fused-ring (bicyclic) bond motifs is 3. The molecule has 0 fully saturated rings. The maximum absolute atomic E-state index is 12.7. The first-order valence-electron chi connectivity index (χ1n) is 16.5. The fraction of sp³-hybridized carbons (Fsp3) is 0.333. The van der Waals surface area contributed by atoms with Crippen LogP contribution in [0.5, 0.6) is 0 Å². The molecule has 0 spiro atoms. The maximum atomic E-state index is 12.7. The number of rotatable bonds is 14. The second-order valence-corrected chi connectivity index (χ2v) is 11.7. The second-order valence-electron chi connectivity index (χ2n) is 11.7. The predicted octanol–water partition coefficient (Wildman–Crippen LogP) is 4.96. The third-order valence-corrected chi connectivity index (χ3v) is 8.23. The van der Waals surface area contributed by atoms with Gasteiger partial charge < -0.3 is 39.9 Å². The normalized spacial score (nSPS) is 11.0. The summed E-state index contributed by atoms with van der Waals surface area (Å²) in [5.41, 5.74) is 3.61. The first-order chi connectivity index (χ1) is 24.2. The van der Waals surface area contributed by atoms with Crippen LogP contribution in [0.25, 0.3) is 44.1 Å². The van der Waals surface area contributed by atoms with Gasteiger partial charge in [-0.3, -0.25) is 9.59 Å². The number of methoxy groups -OCH3 is 2. The van der Waals surface area contributed by atoms with Crippen LogP contribution in [-0.2, 0) is 32.2 Å². The van der Waals surface area contributed by atoms with Crippen molar-refractivity contribution in [3.05, 3.63) is 72.6 Å². The van der Waals surface area contributed by atoms with E-state index in [1.54, 1.807) is 22.2 Å². The van der Waals surface area contributed by atoms with E-state index in [2.05, 4.69) is 76.4 Å². The number of benzene rings is 3. The number of aromatic nitrogens is 4. The number of H-pyrrole nitrogens is 2. The Balaban J connectivity index is 1.29. The Hall–Kier alpha value is -5.92. The van der Waals surface area contributed by atoms with Gasteiger partial charge in [-0.25, -0.2) is 19.6 Å². The van der Waals surface area contributed by atoms with Crippen molar-refractivity contribution in [3.63, 3.8) is 0 Å². The van der Waals surface area contributed by atoms with Gasteiger partial charge in [0.15, 0.2) is 0 Å². The molecule has 2 heterocycles.